The Morgan fingerprint density at radius 1 is 0.594 bits per heavy atom. The lowest BCUT2D eigenvalue weighted by Crippen LogP contribution is -2.38. The van der Waals surface area contributed by atoms with Crippen LogP contribution < -0.4 is 4.57 Å². The van der Waals surface area contributed by atoms with Crippen LogP contribution >= 0.6 is 0 Å². The largest absolute Gasteiger partial charge is 0.205 e. The zero-order chi connectivity index (χ0) is 22.9. The molecule has 0 aliphatic carbocycles. The molecule has 1 aromatic heterocycles. The molecule has 0 atom stereocenters. The van der Waals surface area contributed by atoms with Gasteiger partial charge in [-0.3, -0.25) is 0 Å². The average molecular weight is 425 g/mol. The van der Waals surface area contributed by atoms with Gasteiger partial charge < -0.3 is 0 Å². The first kappa shape index (κ1) is 23.7. The standard InChI is InChI=1S/C31H38N/c1-6-32-30(20-18-26-10-14-28(15-11-26)22-24(2)3)8-7-9-31(32)21-19-27-12-16-29(17-13-27)23-25(4)5/h7-21,24-25H,6,22-23H2,1-5H3/q+1/b20-18+,21-19+. The maximum Gasteiger partial charge on any atom is 0.205 e. The van der Waals surface area contributed by atoms with Crippen LogP contribution in [-0.4, -0.2) is 0 Å². The Kier molecular flexibility index (Phi) is 8.62. The number of hydrogen-bond donors (Lipinski definition) is 0. The van der Waals surface area contributed by atoms with Crippen molar-refractivity contribution >= 4 is 24.3 Å². The lowest BCUT2D eigenvalue weighted by atomic mass is 10.0. The third-order valence-corrected chi connectivity index (χ3v) is 5.61. The quantitative estimate of drug-likeness (QED) is 0.309. The molecule has 1 nitrogen and oxygen atoms in total. The Bertz CT molecular complexity index is 953. The minimum Gasteiger partial charge on any atom is -0.193 e. The van der Waals surface area contributed by atoms with Gasteiger partial charge in [0.05, 0.1) is 0 Å². The fourth-order valence-corrected chi connectivity index (χ4v) is 4.07. The van der Waals surface area contributed by atoms with Gasteiger partial charge in [-0.2, -0.15) is 4.57 Å². The topological polar surface area (TPSA) is 3.88 Å². The first-order chi connectivity index (χ1) is 15.4. The fraction of sp³-hybridized carbons (Fsp3) is 0.323. The Balaban J connectivity index is 1.75. The minimum atomic E-state index is 0.689. The second-order valence-corrected chi connectivity index (χ2v) is 9.47. The van der Waals surface area contributed by atoms with Crippen LogP contribution in [0.5, 0.6) is 0 Å². The third kappa shape index (κ3) is 7.05. The summed E-state index contributed by atoms with van der Waals surface area (Å²) >= 11 is 0. The monoisotopic (exact) mass is 424 g/mol. The molecule has 0 unspecified atom stereocenters. The van der Waals surface area contributed by atoms with Crippen LogP contribution in [0.15, 0.2) is 66.7 Å². The van der Waals surface area contributed by atoms with E-state index in [1.807, 2.05) is 0 Å². The van der Waals surface area contributed by atoms with Crippen molar-refractivity contribution in [1.82, 2.24) is 0 Å². The molecule has 166 valence electrons. The van der Waals surface area contributed by atoms with Gasteiger partial charge in [0.15, 0.2) is 0 Å². The zero-order valence-corrected chi connectivity index (χ0v) is 20.4. The van der Waals surface area contributed by atoms with Crippen LogP contribution in [0.25, 0.3) is 24.3 Å². The summed E-state index contributed by atoms with van der Waals surface area (Å²) in [4.78, 5) is 0. The predicted molar refractivity (Wildman–Crippen MR) is 140 cm³/mol. The highest BCUT2D eigenvalue weighted by molar-refractivity contribution is 5.69. The summed E-state index contributed by atoms with van der Waals surface area (Å²) in [6.45, 7) is 12.2. The highest BCUT2D eigenvalue weighted by Gasteiger charge is 2.10. The highest BCUT2D eigenvalue weighted by atomic mass is 15.0. The van der Waals surface area contributed by atoms with Crippen molar-refractivity contribution in [3.63, 3.8) is 0 Å². The van der Waals surface area contributed by atoms with Crippen molar-refractivity contribution in [2.75, 3.05) is 0 Å². The van der Waals surface area contributed by atoms with E-state index in [1.165, 1.54) is 33.6 Å². The van der Waals surface area contributed by atoms with Crippen LogP contribution in [-0.2, 0) is 19.4 Å². The van der Waals surface area contributed by atoms with E-state index in [1.54, 1.807) is 0 Å². The Labute approximate surface area is 195 Å². The van der Waals surface area contributed by atoms with E-state index in [2.05, 4.69) is 130 Å². The number of benzene rings is 2. The summed E-state index contributed by atoms with van der Waals surface area (Å²) in [6.07, 6.45) is 11.1. The van der Waals surface area contributed by atoms with Crippen molar-refractivity contribution in [2.45, 2.75) is 54.0 Å². The smallest absolute Gasteiger partial charge is 0.193 e. The van der Waals surface area contributed by atoms with Gasteiger partial charge >= 0.3 is 0 Å². The van der Waals surface area contributed by atoms with Gasteiger partial charge in [-0.25, -0.2) is 0 Å². The van der Waals surface area contributed by atoms with Crippen molar-refractivity contribution < 1.29 is 4.57 Å². The van der Waals surface area contributed by atoms with Crippen molar-refractivity contribution in [3.05, 3.63) is 100 Å². The molecule has 0 spiro atoms. The summed E-state index contributed by atoms with van der Waals surface area (Å²) in [5.74, 6) is 1.38. The molecule has 0 amide bonds. The molecular formula is C31H38N+. The molecule has 0 N–H and O–H groups in total. The first-order valence-corrected chi connectivity index (χ1v) is 12.0. The second kappa shape index (κ2) is 11.6. The molecule has 0 radical (unpaired) electrons. The van der Waals surface area contributed by atoms with Crippen molar-refractivity contribution in [1.29, 1.82) is 0 Å². The van der Waals surface area contributed by atoms with Gasteiger partial charge in [0, 0.05) is 24.3 Å². The number of rotatable bonds is 9. The first-order valence-electron chi connectivity index (χ1n) is 12.0. The number of hydrogen-bond acceptors (Lipinski definition) is 0. The Hall–Kier alpha value is -2.93. The molecule has 2 aromatic carbocycles. The van der Waals surface area contributed by atoms with Crippen molar-refractivity contribution in [3.8, 4) is 0 Å². The van der Waals surface area contributed by atoms with E-state index >= 15 is 0 Å². The minimum absolute atomic E-state index is 0.689. The van der Waals surface area contributed by atoms with Crippen LogP contribution in [0, 0.1) is 11.8 Å². The molecule has 0 aliphatic rings. The van der Waals surface area contributed by atoms with Crippen LogP contribution in [0.1, 0.15) is 68.3 Å². The number of aromatic nitrogens is 1. The van der Waals surface area contributed by atoms with E-state index < -0.39 is 0 Å². The fourth-order valence-electron chi connectivity index (χ4n) is 4.07. The third-order valence-electron chi connectivity index (χ3n) is 5.61. The average Bonchev–Trinajstić information content (AvgIpc) is 2.77. The predicted octanol–water partition coefficient (Wildman–Crippen LogP) is 7.73. The molecule has 1 heterocycles. The van der Waals surface area contributed by atoms with Gasteiger partial charge in [0.1, 0.15) is 6.54 Å². The molecule has 3 rings (SSSR count). The molecule has 1 heteroatoms. The molecule has 32 heavy (non-hydrogen) atoms. The SMILES string of the molecule is CC[n+]1c(/C=C/c2ccc(CC(C)C)cc2)cccc1/C=C/c1ccc(CC(C)C)cc1. The van der Waals surface area contributed by atoms with Gasteiger partial charge in [-0.15, -0.1) is 0 Å². The molecule has 0 aliphatic heterocycles. The summed E-state index contributed by atoms with van der Waals surface area (Å²) in [6, 6.07) is 24.4. The number of pyridine rings is 1. The Morgan fingerprint density at radius 3 is 1.34 bits per heavy atom. The lowest BCUT2D eigenvalue weighted by molar-refractivity contribution is -0.696. The van der Waals surface area contributed by atoms with Gasteiger partial charge in [0.25, 0.3) is 0 Å². The summed E-state index contributed by atoms with van der Waals surface area (Å²) in [5, 5.41) is 0. The van der Waals surface area contributed by atoms with Crippen LogP contribution in [0.4, 0.5) is 0 Å². The van der Waals surface area contributed by atoms with E-state index in [4.69, 9.17) is 0 Å². The van der Waals surface area contributed by atoms with Gasteiger partial charge in [-0.05, 0) is 72.1 Å². The molecule has 3 aromatic rings. The summed E-state index contributed by atoms with van der Waals surface area (Å²) in [7, 11) is 0. The summed E-state index contributed by atoms with van der Waals surface area (Å²) in [5.41, 5.74) is 7.72. The van der Waals surface area contributed by atoms with Crippen LogP contribution in [0.3, 0.4) is 0 Å². The zero-order valence-electron chi connectivity index (χ0n) is 20.4. The molecule has 0 saturated heterocycles. The molecular weight excluding hydrogens is 386 g/mol. The maximum absolute atomic E-state index is 2.35. The van der Waals surface area contributed by atoms with E-state index in [-0.39, 0.29) is 0 Å². The van der Waals surface area contributed by atoms with Gasteiger partial charge in [-0.1, -0.05) is 76.2 Å². The highest BCUT2D eigenvalue weighted by Crippen LogP contribution is 2.14. The normalized spacial score (nSPS) is 12.0. The molecule has 0 saturated carbocycles. The van der Waals surface area contributed by atoms with Crippen molar-refractivity contribution in [2.24, 2.45) is 11.8 Å². The molecule has 0 bridgehead atoms. The maximum atomic E-state index is 2.35. The lowest BCUT2D eigenvalue weighted by Gasteiger charge is -2.05. The molecule has 0 fully saturated rings. The van der Waals surface area contributed by atoms with Crippen LogP contribution in [0.2, 0.25) is 0 Å². The van der Waals surface area contributed by atoms with E-state index in [9.17, 15) is 0 Å². The van der Waals surface area contributed by atoms with Gasteiger partial charge in [0.2, 0.25) is 11.4 Å². The summed E-state index contributed by atoms with van der Waals surface area (Å²) < 4.78 is 2.35. The van der Waals surface area contributed by atoms with E-state index in [0.717, 1.165) is 19.4 Å². The van der Waals surface area contributed by atoms with E-state index in [0.29, 0.717) is 11.8 Å². The number of nitrogens with zero attached hydrogens (tertiary/aromatic N) is 1. The Morgan fingerprint density at radius 2 is 1.00 bits per heavy atom. The second-order valence-electron chi connectivity index (χ2n) is 9.47.